The molecule has 0 amide bonds. The van der Waals surface area contributed by atoms with Crippen LogP contribution < -0.4 is 0 Å². The van der Waals surface area contributed by atoms with Crippen LogP contribution in [0.3, 0.4) is 0 Å². The van der Waals surface area contributed by atoms with Crippen LogP contribution in [-0.2, 0) is 5.16 Å². The third kappa shape index (κ3) is 13.9. The van der Waals surface area contributed by atoms with Gasteiger partial charge < -0.3 is 0 Å². The van der Waals surface area contributed by atoms with Crippen molar-refractivity contribution >= 4 is 28.4 Å². The zero-order valence-electron chi connectivity index (χ0n) is 24.4. The van der Waals surface area contributed by atoms with Crippen LogP contribution in [0.25, 0.3) is 0 Å². The van der Waals surface area contributed by atoms with Gasteiger partial charge in [0.25, 0.3) is 0 Å². The van der Waals surface area contributed by atoms with E-state index in [9.17, 15) is 0 Å². The van der Waals surface area contributed by atoms with E-state index in [0.717, 1.165) is 19.0 Å². The Labute approximate surface area is 237 Å². The van der Waals surface area contributed by atoms with E-state index in [1.807, 2.05) is 0 Å². The van der Waals surface area contributed by atoms with Crippen LogP contribution in [-0.4, -0.2) is 6.16 Å². The molecule has 0 radical (unpaired) electrons. The van der Waals surface area contributed by atoms with Crippen molar-refractivity contribution in [2.75, 3.05) is 6.16 Å². The van der Waals surface area contributed by atoms with Crippen molar-refractivity contribution in [2.24, 2.45) is 0 Å². The van der Waals surface area contributed by atoms with Crippen molar-refractivity contribution in [1.82, 2.24) is 0 Å². The van der Waals surface area contributed by atoms with E-state index in [4.69, 9.17) is 22.5 Å². The van der Waals surface area contributed by atoms with Gasteiger partial charge in [0.2, 0.25) is 0 Å². The van der Waals surface area contributed by atoms with E-state index < -0.39 is 5.97 Å². The molecule has 0 spiro atoms. The fourth-order valence-electron chi connectivity index (χ4n) is 5.96. The molecule has 0 N–H and O–H groups in total. The minimum atomic E-state index is -2.37. The van der Waals surface area contributed by atoms with Crippen LogP contribution in [0.4, 0.5) is 0 Å². The van der Waals surface area contributed by atoms with Crippen LogP contribution >= 0.6 is 28.4 Å². The number of rotatable bonds is 25. The molecule has 0 saturated heterocycles. The summed E-state index contributed by atoms with van der Waals surface area (Å²) in [6, 6.07) is 10.9. The van der Waals surface area contributed by atoms with Gasteiger partial charge in [-0.05, 0) is 0 Å². The summed E-state index contributed by atoms with van der Waals surface area (Å²) in [5, 5.41) is -0.0135. The molecule has 0 bridgehead atoms. The topological polar surface area (TPSA) is 0 Å². The van der Waals surface area contributed by atoms with Crippen LogP contribution in [0.1, 0.15) is 168 Å². The zero-order chi connectivity index (χ0) is 26.4. The fraction of sp³-hybridized carbons (Fsp3) is 0.818. The van der Waals surface area contributed by atoms with E-state index in [2.05, 4.69) is 51.1 Å². The van der Waals surface area contributed by atoms with E-state index in [1.54, 1.807) is 0 Å². The summed E-state index contributed by atoms with van der Waals surface area (Å²) in [5.41, 5.74) is 1.36. The van der Waals surface area contributed by atoms with E-state index in [0.29, 0.717) is 0 Å². The Hall–Kier alpha value is 0.230. The summed E-state index contributed by atoms with van der Waals surface area (Å²) >= 11 is 14.1. The average Bonchev–Trinajstić information content (AvgIpc) is 2.90. The third-order valence-corrected chi connectivity index (χ3v) is 15.5. The molecule has 0 aliphatic heterocycles. The Morgan fingerprint density at radius 1 is 0.528 bits per heavy atom. The van der Waals surface area contributed by atoms with Crippen molar-refractivity contribution in [1.29, 1.82) is 0 Å². The molecule has 0 nitrogen and oxygen atoms in total. The maximum atomic E-state index is 7.07. The fourth-order valence-corrected chi connectivity index (χ4v) is 10.3. The van der Waals surface area contributed by atoms with Gasteiger partial charge in [-0.25, -0.2) is 0 Å². The number of unbranched alkanes of at least 4 members (excludes halogenated alkanes) is 19. The van der Waals surface area contributed by atoms with Gasteiger partial charge in [0, 0.05) is 0 Å². The predicted octanol–water partition coefficient (Wildman–Crippen LogP) is 13.6. The van der Waals surface area contributed by atoms with Crippen molar-refractivity contribution in [3.8, 4) is 0 Å². The monoisotopic (exact) mass is 558 g/mol. The molecule has 1 aromatic rings. The minimum absolute atomic E-state index is 0.0135. The molecule has 1 aromatic carbocycles. The van der Waals surface area contributed by atoms with Crippen LogP contribution in [0.2, 0.25) is 0 Å². The first-order valence-corrected chi connectivity index (χ1v) is 20.2. The van der Waals surface area contributed by atoms with Gasteiger partial charge in [0.15, 0.2) is 0 Å². The molecule has 0 aromatic heterocycles. The Balaban J connectivity index is 2.02. The second-order valence-electron chi connectivity index (χ2n) is 11.3. The summed E-state index contributed by atoms with van der Waals surface area (Å²) in [7, 11) is 0. The van der Waals surface area contributed by atoms with Crippen LogP contribution in [0.15, 0.2) is 30.3 Å². The van der Waals surface area contributed by atoms with Crippen LogP contribution in [0.5, 0.6) is 0 Å². The summed E-state index contributed by atoms with van der Waals surface area (Å²) in [6.45, 7) is 6.76. The van der Waals surface area contributed by atoms with Gasteiger partial charge in [-0.3, -0.25) is 0 Å². The van der Waals surface area contributed by atoms with Gasteiger partial charge in [-0.15, -0.1) is 0 Å². The molecule has 0 aliphatic rings. The van der Waals surface area contributed by atoms with E-state index in [-0.39, 0.29) is 5.16 Å². The number of benzene rings is 1. The van der Waals surface area contributed by atoms with Crippen molar-refractivity contribution in [2.45, 2.75) is 167 Å². The first kappa shape index (κ1) is 34.3. The molecule has 1 unspecified atom stereocenters. The van der Waals surface area contributed by atoms with Crippen molar-refractivity contribution in [3.63, 3.8) is 0 Å². The first-order chi connectivity index (χ1) is 17.5. The number of halogens is 2. The average molecular weight is 560 g/mol. The normalized spacial score (nSPS) is 14.1. The van der Waals surface area contributed by atoms with E-state index in [1.165, 1.54) is 134 Å². The van der Waals surface area contributed by atoms with Gasteiger partial charge >= 0.3 is 167 Å². The molecule has 0 saturated carbocycles. The molecule has 1 atom stereocenters. The Morgan fingerprint density at radius 3 is 1.22 bits per heavy atom. The summed E-state index contributed by atoms with van der Waals surface area (Å²) in [6.07, 6.45) is 31.6. The molecule has 1 rings (SSSR count). The molecular weight excluding hydrogens is 498 g/mol. The summed E-state index contributed by atoms with van der Waals surface area (Å²) < 4.78 is 0. The first-order valence-electron chi connectivity index (χ1n) is 16.0. The van der Waals surface area contributed by atoms with E-state index >= 15 is 0 Å². The summed E-state index contributed by atoms with van der Waals surface area (Å²) in [4.78, 5) is 0. The molecular formula is C33H61Cl2P. The maximum absolute atomic E-state index is 7.07. The second kappa shape index (κ2) is 22.1. The predicted molar refractivity (Wildman–Crippen MR) is 172 cm³/mol. The van der Waals surface area contributed by atoms with Gasteiger partial charge in [0.1, 0.15) is 0 Å². The molecule has 0 fully saturated rings. The van der Waals surface area contributed by atoms with Gasteiger partial charge in [0.05, 0.1) is 0 Å². The SMILES string of the molecule is CCCCCCCCCCCCCCCCCCCCCCC(CC)(c1ccccc1)[PH](Cl)(Cl)CC. The zero-order valence-corrected chi connectivity index (χ0v) is 26.9. The van der Waals surface area contributed by atoms with Crippen molar-refractivity contribution in [3.05, 3.63) is 35.9 Å². The van der Waals surface area contributed by atoms with Crippen molar-refractivity contribution < 1.29 is 0 Å². The Kier molecular flexibility index (Phi) is 21.0. The Bertz CT molecular complexity index is 603. The third-order valence-electron chi connectivity index (χ3n) is 8.53. The van der Waals surface area contributed by atoms with Gasteiger partial charge in [-0.1, -0.05) is 71.1 Å². The molecule has 36 heavy (non-hydrogen) atoms. The quantitative estimate of drug-likeness (QED) is 0.0825. The van der Waals surface area contributed by atoms with Crippen LogP contribution in [0, 0.1) is 0 Å². The number of hydrogen-bond donors (Lipinski definition) is 0. The molecule has 0 heterocycles. The second-order valence-corrected chi connectivity index (χ2v) is 18.9. The Morgan fingerprint density at radius 2 is 0.889 bits per heavy atom. The molecule has 0 aliphatic carbocycles. The molecule has 3 heteroatoms. The number of hydrogen-bond acceptors (Lipinski definition) is 0. The standard InChI is InChI=1S/C33H61Cl2P/c1-4-7-8-9-10-11-12-13-14-15-16-17-18-19-20-21-22-23-24-28-31-33(5-2,36(34,35)6-3)32-29-26-25-27-30-32/h25-27,29-30,36H,4-24,28,31H2,1-3H3. The molecule has 212 valence electrons. The van der Waals surface area contributed by atoms with Gasteiger partial charge in [-0.2, -0.15) is 0 Å². The summed E-state index contributed by atoms with van der Waals surface area (Å²) in [5.74, 6) is -2.37.